The van der Waals surface area contributed by atoms with Gasteiger partial charge in [-0.1, -0.05) is 114 Å². The lowest BCUT2D eigenvalue weighted by Crippen LogP contribution is -2.39. The van der Waals surface area contributed by atoms with Crippen LogP contribution in [0.5, 0.6) is 0 Å². The van der Waals surface area contributed by atoms with Crippen LogP contribution in [0.3, 0.4) is 0 Å². The lowest BCUT2D eigenvalue weighted by atomic mass is 9.77. The van der Waals surface area contributed by atoms with E-state index in [9.17, 15) is 0 Å². The van der Waals surface area contributed by atoms with Crippen LogP contribution in [0.1, 0.15) is 27.8 Å². The van der Waals surface area contributed by atoms with Crippen LogP contribution in [0.15, 0.2) is 103 Å². The molecule has 138 valence electrons. The highest BCUT2D eigenvalue weighted by molar-refractivity contribution is 5.65. The minimum absolute atomic E-state index is 0.694. The Labute approximate surface area is 167 Å². The average Bonchev–Trinajstić information content (AvgIpc) is 2.75. The molecule has 0 heterocycles. The molecule has 4 aromatic rings. The van der Waals surface area contributed by atoms with Crippen molar-refractivity contribution in [2.45, 2.75) is 19.4 Å². The second-order valence-corrected chi connectivity index (χ2v) is 7.48. The lowest BCUT2D eigenvalue weighted by Gasteiger charge is -2.32. The van der Waals surface area contributed by atoms with Crippen LogP contribution < -0.4 is 5.73 Å². The average molecular weight is 364 g/mol. The van der Waals surface area contributed by atoms with Crippen LogP contribution in [0, 0.1) is 13.8 Å². The molecule has 28 heavy (non-hydrogen) atoms. The molecule has 0 fully saturated rings. The molecule has 4 rings (SSSR count). The van der Waals surface area contributed by atoms with Gasteiger partial charge in [0, 0.05) is 0 Å². The second kappa shape index (κ2) is 7.46. The van der Waals surface area contributed by atoms with Crippen LogP contribution in [-0.4, -0.2) is 0 Å². The number of aryl methyl sites for hydroxylation is 2. The van der Waals surface area contributed by atoms with E-state index in [0.29, 0.717) is 0 Å². The first kappa shape index (κ1) is 18.2. The first-order valence-electron chi connectivity index (χ1n) is 9.66. The fourth-order valence-corrected chi connectivity index (χ4v) is 3.69. The largest absolute Gasteiger partial charge is 0.314 e. The number of rotatable bonds is 4. The summed E-state index contributed by atoms with van der Waals surface area (Å²) >= 11 is 0. The van der Waals surface area contributed by atoms with E-state index in [-0.39, 0.29) is 0 Å². The molecule has 1 heteroatoms. The Morgan fingerprint density at radius 3 is 1.32 bits per heavy atom. The fourth-order valence-electron chi connectivity index (χ4n) is 3.69. The molecule has 0 bridgehead atoms. The van der Waals surface area contributed by atoms with E-state index in [1.807, 2.05) is 18.2 Å². The Morgan fingerprint density at radius 2 is 0.821 bits per heavy atom. The normalized spacial score (nSPS) is 13.1. The van der Waals surface area contributed by atoms with Crippen molar-refractivity contribution in [3.8, 4) is 11.1 Å². The minimum atomic E-state index is -0.694. The smallest absolute Gasteiger partial charge is 0.0922 e. The molecule has 1 atom stereocenters. The van der Waals surface area contributed by atoms with Gasteiger partial charge in [0.2, 0.25) is 0 Å². The zero-order valence-corrected chi connectivity index (χ0v) is 16.4. The van der Waals surface area contributed by atoms with Crippen molar-refractivity contribution < 1.29 is 0 Å². The molecule has 2 N–H and O–H groups in total. The molecule has 4 aromatic carbocycles. The minimum Gasteiger partial charge on any atom is -0.314 e. The van der Waals surface area contributed by atoms with Gasteiger partial charge in [-0.3, -0.25) is 0 Å². The van der Waals surface area contributed by atoms with E-state index in [1.54, 1.807) is 0 Å². The first-order chi connectivity index (χ1) is 13.6. The van der Waals surface area contributed by atoms with E-state index < -0.39 is 5.54 Å². The van der Waals surface area contributed by atoms with Gasteiger partial charge >= 0.3 is 0 Å². The van der Waals surface area contributed by atoms with Crippen LogP contribution in [0.2, 0.25) is 0 Å². The van der Waals surface area contributed by atoms with Crippen LogP contribution in [0.4, 0.5) is 0 Å². The summed E-state index contributed by atoms with van der Waals surface area (Å²) in [6.07, 6.45) is 0. The van der Waals surface area contributed by atoms with Crippen molar-refractivity contribution in [3.05, 3.63) is 131 Å². The third-order valence-electron chi connectivity index (χ3n) is 5.46. The van der Waals surface area contributed by atoms with Gasteiger partial charge < -0.3 is 5.73 Å². The zero-order chi connectivity index (χ0) is 19.6. The van der Waals surface area contributed by atoms with E-state index in [2.05, 4.69) is 98.8 Å². The van der Waals surface area contributed by atoms with E-state index in [1.165, 1.54) is 22.3 Å². The van der Waals surface area contributed by atoms with Gasteiger partial charge in [0.05, 0.1) is 5.54 Å². The van der Waals surface area contributed by atoms with Crippen molar-refractivity contribution in [1.29, 1.82) is 0 Å². The predicted octanol–water partition coefficient (Wildman–Crippen LogP) is 6.22. The van der Waals surface area contributed by atoms with Crippen molar-refractivity contribution in [2.75, 3.05) is 0 Å². The molecule has 0 aliphatic rings. The van der Waals surface area contributed by atoms with E-state index in [4.69, 9.17) is 5.73 Å². The highest BCUT2D eigenvalue weighted by Crippen LogP contribution is 2.35. The van der Waals surface area contributed by atoms with Gasteiger partial charge in [0.15, 0.2) is 0 Å². The van der Waals surface area contributed by atoms with E-state index in [0.717, 1.165) is 16.7 Å². The van der Waals surface area contributed by atoms with Crippen molar-refractivity contribution in [1.82, 2.24) is 0 Å². The SMILES string of the molecule is Cc1ccc(-c2ccc(C(N)(c3ccccc3)c3ccc(C)cc3)cc2)cc1. The summed E-state index contributed by atoms with van der Waals surface area (Å²) in [4.78, 5) is 0. The molecular formula is C27H25N. The van der Waals surface area contributed by atoms with Gasteiger partial charge in [-0.15, -0.1) is 0 Å². The molecule has 1 unspecified atom stereocenters. The first-order valence-corrected chi connectivity index (χ1v) is 9.66. The van der Waals surface area contributed by atoms with Gasteiger partial charge in [-0.25, -0.2) is 0 Å². The number of nitrogens with two attached hydrogens (primary N) is 1. The predicted molar refractivity (Wildman–Crippen MR) is 118 cm³/mol. The maximum Gasteiger partial charge on any atom is 0.0922 e. The fraction of sp³-hybridized carbons (Fsp3) is 0.111. The molecule has 0 amide bonds. The maximum absolute atomic E-state index is 7.12. The summed E-state index contributed by atoms with van der Waals surface area (Å²) in [6, 6.07) is 36.1. The second-order valence-electron chi connectivity index (χ2n) is 7.48. The Morgan fingerprint density at radius 1 is 0.464 bits per heavy atom. The molecule has 0 aliphatic heterocycles. The summed E-state index contributed by atoms with van der Waals surface area (Å²) < 4.78 is 0. The summed E-state index contributed by atoms with van der Waals surface area (Å²) in [7, 11) is 0. The van der Waals surface area contributed by atoms with Gasteiger partial charge in [-0.05, 0) is 41.7 Å². The van der Waals surface area contributed by atoms with Crippen molar-refractivity contribution >= 4 is 0 Å². The molecule has 0 radical (unpaired) electrons. The number of hydrogen-bond donors (Lipinski definition) is 1. The van der Waals surface area contributed by atoms with Gasteiger partial charge in [-0.2, -0.15) is 0 Å². The zero-order valence-electron chi connectivity index (χ0n) is 16.4. The standard InChI is InChI=1S/C27H25N/c1-20-8-12-22(13-9-20)23-14-18-26(19-15-23)27(28,24-6-4-3-5-7-24)25-16-10-21(2)11-17-25/h3-19H,28H2,1-2H3. The monoisotopic (exact) mass is 363 g/mol. The Balaban J connectivity index is 1.81. The van der Waals surface area contributed by atoms with E-state index >= 15 is 0 Å². The summed E-state index contributed by atoms with van der Waals surface area (Å²) in [5, 5.41) is 0. The molecule has 0 spiro atoms. The summed E-state index contributed by atoms with van der Waals surface area (Å²) in [6.45, 7) is 4.21. The Kier molecular flexibility index (Phi) is 4.85. The quantitative estimate of drug-likeness (QED) is 0.428. The third-order valence-corrected chi connectivity index (χ3v) is 5.46. The third kappa shape index (κ3) is 3.37. The van der Waals surface area contributed by atoms with Crippen LogP contribution in [-0.2, 0) is 5.54 Å². The van der Waals surface area contributed by atoms with Gasteiger partial charge in [0.1, 0.15) is 0 Å². The highest BCUT2D eigenvalue weighted by atomic mass is 14.7. The van der Waals surface area contributed by atoms with Gasteiger partial charge in [0.25, 0.3) is 0 Å². The molecule has 1 nitrogen and oxygen atoms in total. The van der Waals surface area contributed by atoms with Crippen LogP contribution >= 0.6 is 0 Å². The number of benzene rings is 4. The summed E-state index contributed by atoms with van der Waals surface area (Å²) in [5.41, 5.74) is 14.6. The Hall–Kier alpha value is -3.16. The topological polar surface area (TPSA) is 26.0 Å². The Bertz CT molecular complexity index is 1050. The van der Waals surface area contributed by atoms with Crippen molar-refractivity contribution in [3.63, 3.8) is 0 Å². The van der Waals surface area contributed by atoms with Crippen LogP contribution in [0.25, 0.3) is 11.1 Å². The molecule has 0 aromatic heterocycles. The molecule has 0 saturated heterocycles. The molecular weight excluding hydrogens is 338 g/mol. The van der Waals surface area contributed by atoms with Crippen molar-refractivity contribution in [2.24, 2.45) is 5.73 Å². The molecule has 0 aliphatic carbocycles. The number of hydrogen-bond acceptors (Lipinski definition) is 1. The lowest BCUT2D eigenvalue weighted by molar-refractivity contribution is 0.653. The molecule has 0 saturated carbocycles. The summed E-state index contributed by atoms with van der Waals surface area (Å²) in [5.74, 6) is 0. The highest BCUT2D eigenvalue weighted by Gasteiger charge is 2.31. The maximum atomic E-state index is 7.12.